The summed E-state index contributed by atoms with van der Waals surface area (Å²) in [6.45, 7) is 35.1. The van der Waals surface area contributed by atoms with Gasteiger partial charge in [0.25, 0.3) is 5.91 Å². The molecule has 12 rings (SSSR count). The van der Waals surface area contributed by atoms with E-state index in [4.69, 9.17) is 25.3 Å². The number of nitrogens with one attached hydrogen (secondary N) is 5. The van der Waals surface area contributed by atoms with Gasteiger partial charge in [-0.3, -0.25) is 24.4 Å². The van der Waals surface area contributed by atoms with Crippen molar-refractivity contribution in [2.24, 2.45) is 33.3 Å². The number of nitrogens with two attached hydrogens (primary N) is 1. The fourth-order valence-electron chi connectivity index (χ4n) is 18.4. The number of carbonyl (C=O) groups excluding carboxylic acids is 3. The molecule has 103 heavy (non-hydrogen) atoms. The van der Waals surface area contributed by atoms with Crippen LogP contribution in [0.5, 0.6) is 0 Å². The van der Waals surface area contributed by atoms with Gasteiger partial charge in [0.15, 0.2) is 22.4 Å². The first-order valence-electron chi connectivity index (χ1n) is 35.6. The van der Waals surface area contributed by atoms with Crippen LogP contribution in [-0.2, 0) is 61.5 Å². The first-order chi connectivity index (χ1) is 49.0. The van der Waals surface area contributed by atoms with Crippen molar-refractivity contribution in [2.75, 3.05) is 54.1 Å². The topological polar surface area (TPSA) is 298 Å². The minimum absolute atomic E-state index is 0.00633. The molecule has 4 saturated carbocycles. The van der Waals surface area contributed by atoms with Crippen LogP contribution in [0.2, 0.25) is 0 Å². The van der Waals surface area contributed by atoms with Crippen molar-refractivity contribution < 1.29 is 42.5 Å². The normalized spacial score (nSPS) is 22.3. The van der Waals surface area contributed by atoms with Crippen LogP contribution in [0.1, 0.15) is 142 Å². The zero-order valence-electron chi connectivity index (χ0n) is 59.9. The number of amides is 3. The molecular weight excluding hydrogens is 1340 g/mol. The summed E-state index contributed by atoms with van der Waals surface area (Å²) in [6, 6.07) is 23.2. The SMILES string of the molecule is C=C(N)NCCC[C@H](NC(=C)[C@@H](NC(=O)CCCCCn1c(=C)ccc1=C)C(C)C)C(=O)Nc1ccc(COC(=C)N(CCO[C@]23CC4(C)CC5(C)CC(Cn6ncc(-c7ccc(N8CCc9cccc(C(=O)Nc%10nc%11ncccc%11s%10)c9C8)nc7C(=O)O)c6C)(C2)C54C3)CCS(=C)(=O)O)cc1. The predicted octanol–water partition coefficient (Wildman–Crippen LogP) is 9.93. The third-order valence-electron chi connectivity index (χ3n) is 22.5. The van der Waals surface area contributed by atoms with Crippen molar-refractivity contribution in [2.45, 2.75) is 156 Å². The largest absolute Gasteiger partial charge is 0.476 e. The van der Waals surface area contributed by atoms with E-state index in [-0.39, 0.29) is 69.9 Å². The molecular formula is C78H98N14O9S2. The lowest BCUT2D eigenvalue weighted by molar-refractivity contribution is -0.359. The van der Waals surface area contributed by atoms with Crippen LogP contribution in [0.15, 0.2) is 128 Å². The fraction of sp³-hybridized carbons (Fsp3) is 0.449. The number of pyridine rings is 2. The highest BCUT2D eigenvalue weighted by Gasteiger charge is 2.92. The van der Waals surface area contributed by atoms with Gasteiger partial charge in [-0.2, -0.15) is 10.1 Å². The van der Waals surface area contributed by atoms with Crippen molar-refractivity contribution in [3.8, 4) is 11.1 Å². The molecule has 0 radical (unpaired) electrons. The van der Waals surface area contributed by atoms with Gasteiger partial charge in [-0.1, -0.05) is 96.0 Å². The maximum Gasteiger partial charge on any atom is 0.355 e. The number of ether oxygens (including phenoxy) is 2. The number of hydrogen-bond donors (Lipinski definition) is 8. The highest BCUT2D eigenvalue weighted by Crippen LogP contribution is 2.97. The molecule has 2 aromatic carbocycles. The average molecular weight is 1440 g/mol. The number of aromatic nitrogens is 6. The molecule has 9 N–H and O–H groups in total. The number of carbonyl (C=O) groups is 4. The minimum atomic E-state index is -3.36. The smallest absolute Gasteiger partial charge is 0.355 e. The van der Waals surface area contributed by atoms with E-state index in [0.717, 1.165) is 95.7 Å². The van der Waals surface area contributed by atoms with E-state index in [9.17, 15) is 33.0 Å². The fourth-order valence-corrected chi connectivity index (χ4v) is 19.7. The molecule has 2 bridgehead atoms. The molecule has 1 spiro atoms. The van der Waals surface area contributed by atoms with E-state index in [1.807, 2.05) is 91.2 Å². The van der Waals surface area contributed by atoms with E-state index in [1.165, 1.54) is 11.3 Å². The third kappa shape index (κ3) is 15.1. The Morgan fingerprint density at radius 3 is 2.35 bits per heavy atom. The first kappa shape index (κ1) is 73.5. The van der Waals surface area contributed by atoms with Gasteiger partial charge >= 0.3 is 5.97 Å². The summed E-state index contributed by atoms with van der Waals surface area (Å²) in [5.74, 6) is 2.72. The number of rotatable bonds is 36. The van der Waals surface area contributed by atoms with E-state index in [0.29, 0.717) is 121 Å². The second-order valence-corrected chi connectivity index (χ2v) is 33.0. The molecule has 7 aromatic rings. The van der Waals surface area contributed by atoms with Gasteiger partial charge < -0.3 is 60.5 Å². The monoisotopic (exact) mass is 1440 g/mol. The number of fused-ring (bicyclic) bond motifs is 3. The number of nitrogens with zero attached hydrogens (tertiary/aromatic N) is 8. The summed E-state index contributed by atoms with van der Waals surface area (Å²) in [5, 5.41) is 33.7. The lowest BCUT2D eigenvalue weighted by Crippen LogP contribution is -2.78. The van der Waals surface area contributed by atoms with Crippen LogP contribution in [0, 0.1) is 34.5 Å². The van der Waals surface area contributed by atoms with Gasteiger partial charge in [0.1, 0.15) is 18.5 Å². The van der Waals surface area contributed by atoms with Crippen LogP contribution >= 0.6 is 11.3 Å². The lowest BCUT2D eigenvalue weighted by atomic mass is 9.21. The molecule has 5 aliphatic rings. The number of hydrogen-bond acceptors (Lipinski definition) is 17. The summed E-state index contributed by atoms with van der Waals surface area (Å²) in [4.78, 5) is 71.9. The van der Waals surface area contributed by atoms with Gasteiger partial charge in [-0.25, -0.2) is 19.0 Å². The van der Waals surface area contributed by atoms with Gasteiger partial charge in [-0.15, -0.1) is 0 Å². The predicted molar refractivity (Wildman–Crippen MR) is 406 cm³/mol. The summed E-state index contributed by atoms with van der Waals surface area (Å²) in [7, 11) is -3.36. The van der Waals surface area contributed by atoms with Crippen LogP contribution in [0.3, 0.4) is 0 Å². The first-order valence-corrected chi connectivity index (χ1v) is 38.3. The summed E-state index contributed by atoms with van der Waals surface area (Å²) in [6.07, 6.45) is 12.7. The van der Waals surface area contributed by atoms with Crippen molar-refractivity contribution >= 4 is 90.8 Å². The van der Waals surface area contributed by atoms with Crippen molar-refractivity contribution in [3.05, 3.63) is 173 Å². The van der Waals surface area contributed by atoms with E-state index >= 15 is 0 Å². The Kier molecular flexibility index (Phi) is 21.0. The minimum Gasteiger partial charge on any atom is -0.476 e. The zero-order valence-corrected chi connectivity index (χ0v) is 61.5. The van der Waals surface area contributed by atoms with Gasteiger partial charge in [-0.05, 0) is 177 Å². The maximum atomic E-state index is 14.1. The molecule has 5 aromatic heterocycles. The van der Waals surface area contributed by atoms with E-state index < -0.39 is 33.5 Å². The number of carboxylic acid groups (broad SMARTS) is 1. The number of aromatic carboxylic acids is 1. The number of unbranched alkanes of at least 4 members (excludes halogenated alkanes) is 2. The van der Waals surface area contributed by atoms with E-state index in [1.54, 1.807) is 30.6 Å². The number of benzene rings is 2. The van der Waals surface area contributed by atoms with Crippen molar-refractivity contribution in [1.82, 2.24) is 50.1 Å². The Morgan fingerprint density at radius 1 is 0.864 bits per heavy atom. The molecule has 5 unspecified atom stereocenters. The van der Waals surface area contributed by atoms with Gasteiger partial charge in [0.05, 0.1) is 50.5 Å². The van der Waals surface area contributed by atoms with Crippen molar-refractivity contribution in [1.29, 1.82) is 0 Å². The molecule has 23 nitrogen and oxygen atoms in total. The zero-order chi connectivity index (χ0) is 73.4. The molecule has 546 valence electrons. The molecule has 8 atom stereocenters. The van der Waals surface area contributed by atoms with E-state index in [2.05, 4.69) is 98.4 Å². The molecule has 4 fully saturated rings. The molecule has 4 aliphatic carbocycles. The van der Waals surface area contributed by atoms with Crippen molar-refractivity contribution in [3.63, 3.8) is 0 Å². The van der Waals surface area contributed by atoms with Crippen LogP contribution in [0.4, 0.5) is 16.6 Å². The molecule has 25 heteroatoms. The standard InChI is InChI=1S/C78H98N14O9S2/c1-49(2)67(86-66(93)22-13-12-14-34-91-50(3)23-24-51(91)4)52(5)83-63(20-16-32-80-54(7)79)71(95)84-58-27-25-56(26-28-58)42-100-55(8)89(37-39-103(11,98)99)36-38-101-77-45-75(10)43-74(9)44-76(46-77,78(74,75)47-77)48-92-53(6)61(40-82-92)59-29-30-65(85-68(59)72(96)97)90-35-31-57-18-15-19-60(62(57)41-90)70(94)88-73-87-69-64(102-73)21-17-33-81-69/h15,17-19,21,23-30,33,40,49,63,67,80,83H,3-5,7-8,11-14,16,20,22,31-32,34-39,41-48,79H2,1-2,6,9-10H3,(H,84,95)(H,86,93)(H,96,97)(H,98,99)(H,81,87,88,94)/t63-,67-,74?,75?,76?,77+,78?/m0/s1. The molecule has 0 saturated heterocycles. The Balaban J connectivity index is 0.658. The third-order valence-corrected chi connectivity index (χ3v) is 24.3. The summed E-state index contributed by atoms with van der Waals surface area (Å²) < 4.78 is 41.6. The number of thiazole rings is 1. The summed E-state index contributed by atoms with van der Waals surface area (Å²) >= 11 is 1.36. The highest BCUT2D eigenvalue weighted by atomic mass is 32.2. The lowest BCUT2D eigenvalue weighted by Gasteiger charge is -2.83. The molecule has 6 heterocycles. The second-order valence-electron chi connectivity index (χ2n) is 30.0. The maximum absolute atomic E-state index is 14.1. The number of carboxylic acids is 1. The van der Waals surface area contributed by atoms with Crippen LogP contribution < -0.4 is 47.9 Å². The summed E-state index contributed by atoms with van der Waals surface area (Å²) in [5.41, 5.74) is 12.2. The highest BCUT2D eigenvalue weighted by molar-refractivity contribution is 7.95. The molecule has 1 aliphatic heterocycles. The Hall–Kier alpha value is -9.30. The van der Waals surface area contributed by atoms with Crippen LogP contribution in [0.25, 0.3) is 34.6 Å². The Morgan fingerprint density at radius 2 is 1.63 bits per heavy atom. The number of anilines is 3. The van der Waals surface area contributed by atoms with Gasteiger partial charge in [0.2, 0.25) is 11.8 Å². The second kappa shape index (κ2) is 29.4. The quantitative estimate of drug-likeness (QED) is 0.0103. The van der Waals surface area contributed by atoms with Gasteiger partial charge in [0, 0.05) is 108 Å². The molecule has 3 amide bonds. The average Bonchev–Trinajstić information content (AvgIpc) is 1.44. The Bertz CT molecular complexity index is 4610. The van der Waals surface area contributed by atoms with Crippen LogP contribution in [-0.4, -0.2) is 134 Å². The Labute approximate surface area is 607 Å².